The maximum Gasteiger partial charge on any atom is 0.528 e. The molecule has 106 valence electrons. The Balaban J connectivity index is 2.95. The molecule has 0 aromatic heterocycles. The Hall–Kier alpha value is -0.670. The first-order valence-corrected chi connectivity index (χ1v) is 6.98. The van der Waals surface area contributed by atoms with Crippen LogP contribution in [0.4, 0.5) is 13.2 Å². The second kappa shape index (κ2) is 5.14. The minimum Gasteiger partial charge on any atom is -0.185 e. The minimum absolute atomic E-state index is 0.186. The van der Waals surface area contributed by atoms with E-state index in [0.717, 1.165) is 6.42 Å². The van der Waals surface area contributed by atoms with Gasteiger partial charge >= 0.3 is 22.0 Å². The predicted octanol–water partition coefficient (Wildman–Crippen LogP) is 1.07. The van der Waals surface area contributed by atoms with Gasteiger partial charge in [-0.25, -0.2) is 0 Å². The van der Waals surface area contributed by atoms with Gasteiger partial charge < -0.3 is 0 Å². The van der Waals surface area contributed by atoms with E-state index in [2.05, 4.69) is 4.28 Å². The molecule has 0 bridgehead atoms. The van der Waals surface area contributed by atoms with Crippen molar-refractivity contribution in [2.45, 2.75) is 25.3 Å². The molecule has 0 aromatic carbocycles. The van der Waals surface area contributed by atoms with Gasteiger partial charge in [0.05, 0.1) is 0 Å². The fourth-order valence-electron chi connectivity index (χ4n) is 1.73. The Kier molecular flexibility index (Phi) is 4.39. The number of halogens is 3. The number of hydrogen-bond acceptors (Lipinski definition) is 3. The second-order valence-corrected chi connectivity index (χ2v) is 5.84. The monoisotopic (exact) mass is 290 g/mol. The second-order valence-electron chi connectivity index (χ2n) is 4.32. The SMILES string of the molecule is CCCC[N+]1(OS(=O)(=O)C(F)(F)F)C=[N+](C)CC1. The lowest BCUT2D eigenvalue weighted by Crippen LogP contribution is -2.50. The summed E-state index contributed by atoms with van der Waals surface area (Å²) in [5.74, 6) is 0. The van der Waals surface area contributed by atoms with Gasteiger partial charge in [-0.3, -0.25) is 0 Å². The molecule has 0 saturated heterocycles. The molecular formula is C9H17F3N2O3S+2. The summed E-state index contributed by atoms with van der Waals surface area (Å²) in [6.07, 6.45) is 2.70. The van der Waals surface area contributed by atoms with Crippen LogP contribution >= 0.6 is 0 Å². The first-order valence-electron chi connectivity index (χ1n) is 5.57. The highest BCUT2D eigenvalue weighted by atomic mass is 32.2. The molecule has 18 heavy (non-hydrogen) atoms. The van der Waals surface area contributed by atoms with Crippen LogP contribution in [-0.4, -0.2) is 56.2 Å². The molecule has 0 saturated carbocycles. The maximum atomic E-state index is 12.3. The van der Waals surface area contributed by atoms with Crippen molar-refractivity contribution in [1.29, 1.82) is 0 Å². The fraction of sp³-hybridized carbons (Fsp3) is 0.889. The van der Waals surface area contributed by atoms with Crippen LogP contribution < -0.4 is 0 Å². The van der Waals surface area contributed by atoms with Gasteiger partial charge in [0.15, 0.2) is 13.1 Å². The molecule has 0 radical (unpaired) electrons. The number of unbranched alkanes of at least 4 members (excludes halogenated alkanes) is 1. The summed E-state index contributed by atoms with van der Waals surface area (Å²) in [6.45, 7) is 2.72. The molecular weight excluding hydrogens is 273 g/mol. The molecule has 5 nitrogen and oxygen atoms in total. The van der Waals surface area contributed by atoms with Crippen molar-refractivity contribution in [3.05, 3.63) is 0 Å². The Labute approximate surface area is 104 Å². The Morgan fingerprint density at radius 1 is 1.44 bits per heavy atom. The highest BCUT2D eigenvalue weighted by Gasteiger charge is 2.55. The van der Waals surface area contributed by atoms with Crippen LogP contribution in [0.5, 0.6) is 0 Å². The van der Waals surface area contributed by atoms with Crippen LogP contribution in [0.2, 0.25) is 0 Å². The zero-order valence-corrected chi connectivity index (χ0v) is 11.1. The fourth-order valence-corrected chi connectivity index (χ4v) is 2.39. The van der Waals surface area contributed by atoms with Gasteiger partial charge in [-0.2, -0.15) is 26.2 Å². The van der Waals surface area contributed by atoms with Gasteiger partial charge in [0, 0.05) is 0 Å². The molecule has 9 heteroatoms. The lowest BCUT2D eigenvalue weighted by atomic mass is 10.3. The maximum absolute atomic E-state index is 12.3. The summed E-state index contributed by atoms with van der Waals surface area (Å²) in [5.41, 5.74) is -5.39. The molecule has 0 N–H and O–H groups in total. The normalized spacial score (nSPS) is 25.3. The first kappa shape index (κ1) is 15.4. The number of likely N-dealkylation sites (N-methyl/N-ethyl adjacent to an activating group) is 1. The van der Waals surface area contributed by atoms with E-state index in [9.17, 15) is 21.6 Å². The van der Waals surface area contributed by atoms with Crippen LogP contribution in [0.3, 0.4) is 0 Å². The summed E-state index contributed by atoms with van der Waals surface area (Å²) >= 11 is 0. The van der Waals surface area contributed by atoms with Crippen LogP contribution in [0.25, 0.3) is 0 Å². The van der Waals surface area contributed by atoms with E-state index in [0.29, 0.717) is 13.0 Å². The summed E-state index contributed by atoms with van der Waals surface area (Å²) < 4.78 is 64.6. The topological polar surface area (TPSA) is 46.4 Å². The van der Waals surface area contributed by atoms with Crippen molar-refractivity contribution in [1.82, 2.24) is 0 Å². The third-order valence-corrected chi connectivity index (χ3v) is 3.72. The largest absolute Gasteiger partial charge is 0.528 e. The third-order valence-electron chi connectivity index (χ3n) is 2.66. The third kappa shape index (κ3) is 3.42. The predicted molar refractivity (Wildman–Crippen MR) is 58.1 cm³/mol. The van der Waals surface area contributed by atoms with Gasteiger partial charge in [-0.1, -0.05) is 22.3 Å². The van der Waals surface area contributed by atoms with Crippen molar-refractivity contribution >= 4 is 16.5 Å². The number of alkyl halides is 3. The highest BCUT2D eigenvalue weighted by Crippen LogP contribution is 2.28. The van der Waals surface area contributed by atoms with Crippen LogP contribution in [0.1, 0.15) is 19.8 Å². The zero-order valence-electron chi connectivity index (χ0n) is 10.3. The van der Waals surface area contributed by atoms with E-state index in [1.54, 1.807) is 11.6 Å². The van der Waals surface area contributed by atoms with Crippen molar-refractivity contribution in [3.63, 3.8) is 0 Å². The Morgan fingerprint density at radius 2 is 2.06 bits per heavy atom. The number of nitrogens with zero attached hydrogens (tertiary/aromatic N) is 2. The van der Waals surface area contributed by atoms with E-state index >= 15 is 0 Å². The standard InChI is InChI=1S/C9H17F3N2O3S/c1-3-4-6-14(7-5-13(2)8-14)17-18(15,16)9(10,11)12/h8H,3-7H2,1-2H3/q+2. The summed E-state index contributed by atoms with van der Waals surface area (Å²) in [6, 6.07) is 0. The lowest BCUT2D eigenvalue weighted by Gasteiger charge is -2.23. The number of rotatable bonds is 5. The Bertz CT molecular complexity index is 433. The minimum atomic E-state index is -5.58. The molecule has 1 rings (SSSR count). The molecule has 1 aliphatic rings. The summed E-state index contributed by atoms with van der Waals surface area (Å²) in [4.78, 5) is 0. The molecule has 0 aliphatic carbocycles. The highest BCUT2D eigenvalue weighted by molar-refractivity contribution is 7.87. The smallest absolute Gasteiger partial charge is 0.185 e. The van der Waals surface area contributed by atoms with E-state index in [-0.39, 0.29) is 13.1 Å². The van der Waals surface area contributed by atoms with Gasteiger partial charge in [-0.05, 0) is 6.42 Å². The van der Waals surface area contributed by atoms with Gasteiger partial charge in [0.25, 0.3) is 0 Å². The quantitative estimate of drug-likeness (QED) is 0.432. The van der Waals surface area contributed by atoms with Gasteiger partial charge in [0.2, 0.25) is 0 Å². The van der Waals surface area contributed by atoms with Gasteiger partial charge in [0.1, 0.15) is 13.6 Å². The Morgan fingerprint density at radius 3 is 2.44 bits per heavy atom. The molecule has 0 aromatic rings. The molecule has 0 fully saturated rings. The van der Waals surface area contributed by atoms with Crippen LogP contribution in [0, 0.1) is 0 Å². The molecule has 0 amide bonds. The number of hydroxylamine groups is 3. The van der Waals surface area contributed by atoms with Crippen molar-refractivity contribution in [2.24, 2.45) is 0 Å². The molecule has 1 aliphatic heterocycles. The van der Waals surface area contributed by atoms with E-state index in [4.69, 9.17) is 0 Å². The lowest BCUT2D eigenvalue weighted by molar-refractivity contribution is -0.999. The van der Waals surface area contributed by atoms with Crippen LogP contribution in [-0.2, 0) is 14.4 Å². The first-order chi connectivity index (χ1) is 8.12. The molecule has 0 spiro atoms. The van der Waals surface area contributed by atoms with Crippen LogP contribution in [0.15, 0.2) is 0 Å². The van der Waals surface area contributed by atoms with Gasteiger partial charge in [-0.15, -0.1) is 0 Å². The molecule has 1 atom stereocenters. The van der Waals surface area contributed by atoms with E-state index < -0.39 is 20.3 Å². The van der Waals surface area contributed by atoms with Crippen molar-refractivity contribution in [2.75, 3.05) is 26.7 Å². The molecule has 1 heterocycles. The summed E-state index contributed by atoms with van der Waals surface area (Å²) in [7, 11) is -3.92. The average Bonchev–Trinajstić information content (AvgIpc) is 2.55. The number of quaternary nitrogens is 1. The summed E-state index contributed by atoms with van der Waals surface area (Å²) in [5, 5.41) is 0. The van der Waals surface area contributed by atoms with Crippen molar-refractivity contribution < 1.29 is 35.1 Å². The average molecular weight is 290 g/mol. The number of hydrogen-bond donors (Lipinski definition) is 0. The van der Waals surface area contributed by atoms with Crippen molar-refractivity contribution in [3.8, 4) is 0 Å². The zero-order chi connectivity index (χ0) is 14.0. The van der Waals surface area contributed by atoms with E-state index in [1.165, 1.54) is 6.34 Å². The van der Waals surface area contributed by atoms with E-state index in [1.807, 2.05) is 6.92 Å². The molecule has 1 unspecified atom stereocenters.